The van der Waals surface area contributed by atoms with Gasteiger partial charge in [0.15, 0.2) is 0 Å². The van der Waals surface area contributed by atoms with Crippen LogP contribution in [-0.2, 0) is 0 Å². The Morgan fingerprint density at radius 1 is 1.29 bits per heavy atom. The lowest BCUT2D eigenvalue weighted by Gasteiger charge is -2.16. The van der Waals surface area contributed by atoms with Crippen LogP contribution in [0.15, 0.2) is 48.8 Å². The fourth-order valence-electron chi connectivity index (χ4n) is 2.74. The number of aromatic nitrogens is 1. The normalized spacial score (nSPS) is 17.5. The molecule has 0 bridgehead atoms. The molecule has 1 saturated heterocycles. The maximum atomic E-state index is 12.5. The van der Waals surface area contributed by atoms with Crippen LogP contribution in [0.5, 0.6) is 0 Å². The molecule has 1 atom stereocenters. The predicted molar refractivity (Wildman–Crippen MR) is 78.7 cm³/mol. The standard InChI is InChI=1S/C17H15N3O/c18-9-13-8-16(11-19-10-13)17(21)20-7-6-15(12-20)14-4-2-1-3-5-14/h1-5,8,10-11,15H,6-7,12H2. The van der Waals surface area contributed by atoms with Crippen molar-refractivity contribution in [1.82, 2.24) is 9.88 Å². The molecule has 21 heavy (non-hydrogen) atoms. The van der Waals surface area contributed by atoms with Crippen LogP contribution in [0.4, 0.5) is 0 Å². The molecule has 0 saturated carbocycles. The van der Waals surface area contributed by atoms with Crippen molar-refractivity contribution in [1.29, 1.82) is 5.26 Å². The fraction of sp³-hybridized carbons (Fsp3) is 0.235. The Hall–Kier alpha value is -2.67. The number of nitrogens with zero attached hydrogens (tertiary/aromatic N) is 3. The molecule has 3 rings (SSSR count). The van der Waals surface area contributed by atoms with E-state index in [4.69, 9.17) is 5.26 Å². The van der Waals surface area contributed by atoms with Crippen molar-refractivity contribution in [2.24, 2.45) is 0 Å². The number of hydrogen-bond acceptors (Lipinski definition) is 3. The second-order valence-electron chi connectivity index (χ2n) is 5.22. The number of benzene rings is 1. The van der Waals surface area contributed by atoms with Gasteiger partial charge in [-0.05, 0) is 18.1 Å². The molecule has 0 N–H and O–H groups in total. The van der Waals surface area contributed by atoms with Gasteiger partial charge in [0.05, 0.1) is 11.1 Å². The van der Waals surface area contributed by atoms with Gasteiger partial charge in [-0.1, -0.05) is 30.3 Å². The third-order valence-electron chi connectivity index (χ3n) is 3.86. The van der Waals surface area contributed by atoms with Gasteiger partial charge in [-0.3, -0.25) is 9.78 Å². The lowest BCUT2D eigenvalue weighted by molar-refractivity contribution is 0.0790. The first-order valence-electron chi connectivity index (χ1n) is 6.97. The minimum atomic E-state index is -0.0435. The van der Waals surface area contributed by atoms with Crippen LogP contribution in [0, 0.1) is 11.3 Å². The van der Waals surface area contributed by atoms with Crippen LogP contribution in [0.3, 0.4) is 0 Å². The Labute approximate surface area is 123 Å². The van der Waals surface area contributed by atoms with Crippen LogP contribution in [-0.4, -0.2) is 28.9 Å². The molecule has 4 heteroatoms. The van der Waals surface area contributed by atoms with E-state index < -0.39 is 0 Å². The Bertz CT molecular complexity index is 691. The first-order chi connectivity index (χ1) is 10.3. The topological polar surface area (TPSA) is 57.0 Å². The summed E-state index contributed by atoms with van der Waals surface area (Å²) in [6.07, 6.45) is 3.97. The molecule has 1 amide bonds. The number of pyridine rings is 1. The summed E-state index contributed by atoms with van der Waals surface area (Å²) in [5.74, 6) is 0.347. The summed E-state index contributed by atoms with van der Waals surface area (Å²) in [7, 11) is 0. The summed E-state index contributed by atoms with van der Waals surface area (Å²) in [5, 5.41) is 8.88. The Morgan fingerprint density at radius 3 is 2.86 bits per heavy atom. The average Bonchev–Trinajstić information content (AvgIpc) is 3.05. The molecule has 2 aromatic rings. The molecule has 4 nitrogen and oxygen atoms in total. The van der Waals surface area contributed by atoms with E-state index in [9.17, 15) is 4.79 Å². The summed E-state index contributed by atoms with van der Waals surface area (Å²) in [5.41, 5.74) is 2.18. The first-order valence-corrected chi connectivity index (χ1v) is 6.97. The third-order valence-corrected chi connectivity index (χ3v) is 3.86. The first kappa shape index (κ1) is 13.3. The molecular formula is C17H15N3O. The van der Waals surface area contributed by atoms with E-state index in [-0.39, 0.29) is 5.91 Å². The molecule has 0 aliphatic carbocycles. The van der Waals surface area contributed by atoms with Crippen LogP contribution in [0.25, 0.3) is 0 Å². The highest BCUT2D eigenvalue weighted by Crippen LogP contribution is 2.27. The number of rotatable bonds is 2. The molecule has 1 aliphatic rings. The second-order valence-corrected chi connectivity index (χ2v) is 5.22. The number of carbonyl (C=O) groups excluding carboxylic acids is 1. The minimum absolute atomic E-state index is 0.0435. The van der Waals surface area contributed by atoms with E-state index in [2.05, 4.69) is 17.1 Å². The molecule has 1 aromatic carbocycles. The summed E-state index contributed by atoms with van der Waals surface area (Å²) < 4.78 is 0. The van der Waals surface area contributed by atoms with Gasteiger partial charge < -0.3 is 4.90 Å². The SMILES string of the molecule is N#Cc1cncc(C(=O)N2CCC(c3ccccc3)C2)c1. The van der Waals surface area contributed by atoms with Crippen LogP contribution >= 0.6 is 0 Å². The van der Waals surface area contributed by atoms with Gasteiger partial charge in [0.2, 0.25) is 0 Å². The molecule has 1 aromatic heterocycles. The summed E-state index contributed by atoms with van der Waals surface area (Å²) in [4.78, 5) is 18.3. The number of likely N-dealkylation sites (tertiary alicyclic amines) is 1. The zero-order chi connectivity index (χ0) is 14.7. The average molecular weight is 277 g/mol. The molecule has 104 valence electrons. The maximum absolute atomic E-state index is 12.5. The summed E-state index contributed by atoms with van der Waals surface area (Å²) in [6, 6.07) is 13.9. The van der Waals surface area contributed by atoms with Crippen molar-refractivity contribution in [3.63, 3.8) is 0 Å². The Kier molecular flexibility index (Phi) is 3.65. The number of carbonyl (C=O) groups is 1. The largest absolute Gasteiger partial charge is 0.338 e. The van der Waals surface area contributed by atoms with Crippen molar-refractivity contribution < 1.29 is 4.79 Å². The number of hydrogen-bond donors (Lipinski definition) is 0. The van der Waals surface area contributed by atoms with E-state index in [1.807, 2.05) is 29.2 Å². The van der Waals surface area contributed by atoms with Gasteiger partial charge in [0.1, 0.15) is 6.07 Å². The van der Waals surface area contributed by atoms with Crippen molar-refractivity contribution in [3.05, 3.63) is 65.5 Å². The number of amides is 1. The molecular weight excluding hydrogens is 262 g/mol. The third kappa shape index (κ3) is 2.77. The lowest BCUT2D eigenvalue weighted by Crippen LogP contribution is -2.28. The maximum Gasteiger partial charge on any atom is 0.255 e. The monoisotopic (exact) mass is 277 g/mol. The molecule has 1 unspecified atom stereocenters. The van der Waals surface area contributed by atoms with Crippen molar-refractivity contribution >= 4 is 5.91 Å². The van der Waals surface area contributed by atoms with Crippen molar-refractivity contribution in [2.45, 2.75) is 12.3 Å². The van der Waals surface area contributed by atoms with Gasteiger partial charge >= 0.3 is 0 Å². The lowest BCUT2D eigenvalue weighted by atomic mass is 9.99. The zero-order valence-corrected chi connectivity index (χ0v) is 11.6. The molecule has 0 spiro atoms. The Morgan fingerprint density at radius 2 is 2.10 bits per heavy atom. The minimum Gasteiger partial charge on any atom is -0.338 e. The van der Waals surface area contributed by atoms with Gasteiger partial charge in [-0.2, -0.15) is 5.26 Å². The highest BCUT2D eigenvalue weighted by molar-refractivity contribution is 5.94. The van der Waals surface area contributed by atoms with Crippen LogP contribution in [0.2, 0.25) is 0 Å². The number of nitriles is 1. The van der Waals surface area contributed by atoms with E-state index in [1.165, 1.54) is 18.0 Å². The van der Waals surface area contributed by atoms with Crippen molar-refractivity contribution in [3.8, 4) is 6.07 Å². The summed E-state index contributed by atoms with van der Waals surface area (Å²) >= 11 is 0. The molecule has 1 fully saturated rings. The Balaban J connectivity index is 1.74. The summed E-state index contributed by atoms with van der Waals surface area (Å²) in [6.45, 7) is 1.47. The van der Waals surface area contributed by atoms with Crippen LogP contribution in [0.1, 0.15) is 33.8 Å². The zero-order valence-electron chi connectivity index (χ0n) is 11.6. The van der Waals surface area contributed by atoms with E-state index in [0.717, 1.165) is 19.5 Å². The fourth-order valence-corrected chi connectivity index (χ4v) is 2.74. The predicted octanol–water partition coefficient (Wildman–Crippen LogP) is 2.58. The van der Waals surface area contributed by atoms with Crippen LogP contribution < -0.4 is 0 Å². The quantitative estimate of drug-likeness (QED) is 0.847. The highest BCUT2D eigenvalue weighted by atomic mass is 16.2. The smallest absolute Gasteiger partial charge is 0.255 e. The second kappa shape index (κ2) is 5.76. The van der Waals surface area contributed by atoms with E-state index >= 15 is 0 Å². The van der Waals surface area contributed by atoms with Gasteiger partial charge in [-0.15, -0.1) is 0 Å². The van der Waals surface area contributed by atoms with Gasteiger partial charge in [0.25, 0.3) is 5.91 Å². The van der Waals surface area contributed by atoms with Crippen molar-refractivity contribution in [2.75, 3.05) is 13.1 Å². The van der Waals surface area contributed by atoms with Gasteiger partial charge in [0, 0.05) is 31.4 Å². The van der Waals surface area contributed by atoms with E-state index in [1.54, 1.807) is 6.07 Å². The molecule has 1 aliphatic heterocycles. The molecule has 0 radical (unpaired) electrons. The highest BCUT2D eigenvalue weighted by Gasteiger charge is 2.28. The molecule has 2 heterocycles. The van der Waals surface area contributed by atoms with E-state index in [0.29, 0.717) is 17.0 Å². The van der Waals surface area contributed by atoms with Gasteiger partial charge in [-0.25, -0.2) is 0 Å².